The van der Waals surface area contributed by atoms with Crippen LogP contribution in [0.15, 0.2) is 0 Å². The standard InChI is InChI=1S/C14H22F3NO2/c15-14(16,17)11-5-3-4-10(8-11)12(19)18-9-13(20)6-1-2-7-13/h10-11,20H,1-9H2,(H,18,19). The SMILES string of the molecule is O=C(NCC1(O)CCCC1)C1CCCC(C(F)(F)F)C1. The van der Waals surface area contributed by atoms with Crippen molar-refractivity contribution in [1.29, 1.82) is 0 Å². The van der Waals surface area contributed by atoms with Gasteiger partial charge in [0.05, 0.1) is 11.5 Å². The van der Waals surface area contributed by atoms with Crippen LogP contribution >= 0.6 is 0 Å². The average Bonchev–Trinajstić information content (AvgIpc) is 2.83. The molecule has 0 heterocycles. The van der Waals surface area contributed by atoms with E-state index in [1.807, 2.05) is 0 Å². The van der Waals surface area contributed by atoms with Gasteiger partial charge in [-0.05, 0) is 32.1 Å². The molecule has 2 fully saturated rings. The zero-order valence-corrected chi connectivity index (χ0v) is 11.5. The second-order valence-electron chi connectivity index (χ2n) is 6.25. The summed E-state index contributed by atoms with van der Waals surface area (Å²) in [6.45, 7) is 0.166. The summed E-state index contributed by atoms with van der Waals surface area (Å²) >= 11 is 0. The van der Waals surface area contributed by atoms with Crippen molar-refractivity contribution in [2.45, 2.75) is 63.1 Å². The molecule has 2 aliphatic rings. The number of hydrogen-bond donors (Lipinski definition) is 2. The molecule has 20 heavy (non-hydrogen) atoms. The molecule has 116 valence electrons. The minimum absolute atomic E-state index is 0.117. The predicted molar refractivity (Wildman–Crippen MR) is 67.9 cm³/mol. The van der Waals surface area contributed by atoms with Crippen LogP contribution in [0.2, 0.25) is 0 Å². The molecule has 6 heteroatoms. The van der Waals surface area contributed by atoms with Gasteiger partial charge in [0.2, 0.25) is 5.91 Å². The van der Waals surface area contributed by atoms with Crippen LogP contribution in [-0.2, 0) is 4.79 Å². The molecule has 0 saturated heterocycles. The van der Waals surface area contributed by atoms with Crippen molar-refractivity contribution in [3.05, 3.63) is 0 Å². The maximum atomic E-state index is 12.7. The number of rotatable bonds is 3. The lowest BCUT2D eigenvalue weighted by molar-refractivity contribution is -0.186. The number of carbonyl (C=O) groups is 1. The highest BCUT2D eigenvalue weighted by atomic mass is 19.4. The average molecular weight is 293 g/mol. The minimum atomic E-state index is -4.21. The van der Waals surface area contributed by atoms with Gasteiger partial charge in [0.1, 0.15) is 0 Å². The van der Waals surface area contributed by atoms with Gasteiger partial charge in [-0.2, -0.15) is 13.2 Å². The lowest BCUT2D eigenvalue weighted by Gasteiger charge is -2.31. The number of amides is 1. The van der Waals surface area contributed by atoms with E-state index in [1.165, 1.54) is 0 Å². The Kier molecular flexibility index (Phi) is 4.62. The Morgan fingerprint density at radius 3 is 2.45 bits per heavy atom. The first-order chi connectivity index (χ1) is 9.30. The summed E-state index contributed by atoms with van der Waals surface area (Å²) in [5, 5.41) is 12.8. The first-order valence-corrected chi connectivity index (χ1v) is 7.37. The van der Waals surface area contributed by atoms with Crippen LogP contribution in [0.1, 0.15) is 51.4 Å². The topological polar surface area (TPSA) is 49.3 Å². The summed E-state index contributed by atoms with van der Waals surface area (Å²) in [4.78, 5) is 12.0. The third-order valence-corrected chi connectivity index (χ3v) is 4.63. The van der Waals surface area contributed by atoms with Crippen molar-refractivity contribution in [3.8, 4) is 0 Å². The highest BCUT2D eigenvalue weighted by Crippen LogP contribution is 2.40. The van der Waals surface area contributed by atoms with E-state index in [9.17, 15) is 23.1 Å². The summed E-state index contributed by atoms with van der Waals surface area (Å²) in [7, 11) is 0. The van der Waals surface area contributed by atoms with Crippen LogP contribution in [0.25, 0.3) is 0 Å². The third kappa shape index (κ3) is 3.87. The first-order valence-electron chi connectivity index (χ1n) is 7.37. The van der Waals surface area contributed by atoms with E-state index in [-0.39, 0.29) is 25.3 Å². The van der Waals surface area contributed by atoms with Gasteiger partial charge in [0.15, 0.2) is 0 Å². The summed E-state index contributed by atoms with van der Waals surface area (Å²) in [6.07, 6.45) is -0.0684. The summed E-state index contributed by atoms with van der Waals surface area (Å²) in [5.74, 6) is -2.26. The van der Waals surface area contributed by atoms with E-state index >= 15 is 0 Å². The van der Waals surface area contributed by atoms with Gasteiger partial charge in [0.25, 0.3) is 0 Å². The molecule has 2 aliphatic carbocycles. The van der Waals surface area contributed by atoms with Crippen LogP contribution in [0, 0.1) is 11.8 Å². The highest BCUT2D eigenvalue weighted by molar-refractivity contribution is 5.78. The summed E-state index contributed by atoms with van der Waals surface area (Å²) in [5.41, 5.74) is -0.853. The van der Waals surface area contributed by atoms with Crippen LogP contribution in [0.5, 0.6) is 0 Å². The summed E-state index contributed by atoms with van der Waals surface area (Å²) in [6, 6.07) is 0. The molecule has 1 amide bonds. The van der Waals surface area contributed by atoms with Crippen molar-refractivity contribution < 1.29 is 23.1 Å². The molecule has 0 aromatic carbocycles. The second-order valence-corrected chi connectivity index (χ2v) is 6.25. The van der Waals surface area contributed by atoms with Gasteiger partial charge in [-0.3, -0.25) is 4.79 Å². The Balaban J connectivity index is 1.83. The Morgan fingerprint density at radius 1 is 1.20 bits per heavy atom. The molecule has 0 aromatic rings. The molecule has 0 aliphatic heterocycles. The smallest absolute Gasteiger partial charge is 0.388 e. The molecule has 3 nitrogen and oxygen atoms in total. The summed E-state index contributed by atoms with van der Waals surface area (Å²) < 4.78 is 38.1. The maximum absolute atomic E-state index is 12.7. The van der Waals surface area contributed by atoms with Crippen molar-refractivity contribution in [2.75, 3.05) is 6.54 Å². The quantitative estimate of drug-likeness (QED) is 0.840. The van der Waals surface area contributed by atoms with Crippen LogP contribution < -0.4 is 5.32 Å². The van der Waals surface area contributed by atoms with Crippen molar-refractivity contribution in [1.82, 2.24) is 5.32 Å². The molecule has 2 saturated carbocycles. The number of halogens is 3. The minimum Gasteiger partial charge on any atom is -0.388 e. The Bertz CT molecular complexity index is 351. The number of hydrogen-bond acceptors (Lipinski definition) is 2. The number of alkyl halides is 3. The molecular weight excluding hydrogens is 271 g/mol. The molecular formula is C14H22F3NO2. The van der Waals surface area contributed by atoms with Gasteiger partial charge in [-0.1, -0.05) is 19.3 Å². The zero-order chi connectivity index (χ0) is 14.8. The van der Waals surface area contributed by atoms with Gasteiger partial charge >= 0.3 is 6.18 Å². The molecule has 2 rings (SSSR count). The van der Waals surface area contributed by atoms with Crippen LogP contribution in [0.4, 0.5) is 13.2 Å². The molecule has 0 bridgehead atoms. The molecule has 2 unspecified atom stereocenters. The molecule has 2 atom stereocenters. The van der Waals surface area contributed by atoms with E-state index in [1.54, 1.807) is 0 Å². The lowest BCUT2D eigenvalue weighted by atomic mass is 9.80. The molecule has 0 spiro atoms. The van der Waals surface area contributed by atoms with E-state index in [4.69, 9.17) is 0 Å². The monoisotopic (exact) mass is 293 g/mol. The van der Waals surface area contributed by atoms with Gasteiger partial charge in [0, 0.05) is 12.5 Å². The van der Waals surface area contributed by atoms with Crippen molar-refractivity contribution in [2.24, 2.45) is 11.8 Å². The van der Waals surface area contributed by atoms with E-state index in [0.29, 0.717) is 25.7 Å². The molecule has 0 radical (unpaired) electrons. The number of nitrogens with one attached hydrogen (secondary N) is 1. The largest absolute Gasteiger partial charge is 0.391 e. The normalized spacial score (nSPS) is 30.2. The van der Waals surface area contributed by atoms with Crippen molar-refractivity contribution in [3.63, 3.8) is 0 Å². The van der Waals surface area contributed by atoms with Gasteiger partial charge in [-0.15, -0.1) is 0 Å². The number of aliphatic hydroxyl groups is 1. The predicted octanol–water partition coefficient (Wildman–Crippen LogP) is 2.78. The Morgan fingerprint density at radius 2 is 1.85 bits per heavy atom. The van der Waals surface area contributed by atoms with Crippen molar-refractivity contribution >= 4 is 5.91 Å². The zero-order valence-electron chi connectivity index (χ0n) is 11.5. The van der Waals surface area contributed by atoms with E-state index in [2.05, 4.69) is 5.32 Å². The fraction of sp³-hybridized carbons (Fsp3) is 0.929. The Labute approximate surface area is 116 Å². The van der Waals surface area contributed by atoms with Gasteiger partial charge < -0.3 is 10.4 Å². The number of carbonyl (C=O) groups excluding carboxylic acids is 1. The fourth-order valence-electron chi connectivity index (χ4n) is 3.33. The molecule has 2 N–H and O–H groups in total. The maximum Gasteiger partial charge on any atom is 0.391 e. The van der Waals surface area contributed by atoms with E-state index in [0.717, 1.165) is 12.8 Å². The second kappa shape index (κ2) is 5.92. The first kappa shape index (κ1) is 15.6. The van der Waals surface area contributed by atoms with Crippen LogP contribution in [0.3, 0.4) is 0 Å². The molecule has 0 aromatic heterocycles. The Hall–Kier alpha value is -0.780. The van der Waals surface area contributed by atoms with Crippen LogP contribution in [-0.4, -0.2) is 29.3 Å². The van der Waals surface area contributed by atoms with Gasteiger partial charge in [-0.25, -0.2) is 0 Å². The van der Waals surface area contributed by atoms with E-state index < -0.39 is 23.6 Å². The third-order valence-electron chi connectivity index (χ3n) is 4.63. The lowest BCUT2D eigenvalue weighted by Crippen LogP contribution is -2.44. The fourth-order valence-corrected chi connectivity index (χ4v) is 3.33. The highest BCUT2D eigenvalue weighted by Gasteiger charge is 2.43.